The molecule has 5 nitrogen and oxygen atoms in total. The van der Waals surface area contributed by atoms with Gasteiger partial charge in [0.2, 0.25) is 0 Å². The van der Waals surface area contributed by atoms with Crippen molar-refractivity contribution in [3.8, 4) is 6.07 Å². The van der Waals surface area contributed by atoms with Crippen molar-refractivity contribution in [2.75, 3.05) is 23.4 Å². The molecule has 6 heteroatoms. The van der Waals surface area contributed by atoms with Gasteiger partial charge in [-0.15, -0.1) is 0 Å². The topological polar surface area (TPSA) is 82.9 Å². The second kappa shape index (κ2) is 5.17. The van der Waals surface area contributed by atoms with Crippen molar-refractivity contribution >= 4 is 15.7 Å². The third-order valence-electron chi connectivity index (χ3n) is 3.34. The van der Waals surface area contributed by atoms with Crippen LogP contribution in [0.2, 0.25) is 0 Å². The Hall–Kier alpha value is -1.61. The summed E-state index contributed by atoms with van der Waals surface area (Å²) in [5, 5.41) is 12.3. The summed E-state index contributed by atoms with van der Waals surface area (Å²) in [4.78, 5) is 4.32. The maximum absolute atomic E-state index is 11.4. The van der Waals surface area contributed by atoms with Crippen LogP contribution in [0.4, 0.5) is 5.82 Å². The van der Waals surface area contributed by atoms with Gasteiger partial charge in [-0.2, -0.15) is 5.26 Å². The summed E-state index contributed by atoms with van der Waals surface area (Å²) < 4.78 is 22.8. The molecule has 1 aliphatic rings. The second-order valence-electron chi connectivity index (χ2n) is 5.07. The zero-order chi connectivity index (χ0) is 14.0. The summed E-state index contributed by atoms with van der Waals surface area (Å²) in [6.45, 7) is 4.29. The number of hydrogen-bond acceptors (Lipinski definition) is 5. The van der Waals surface area contributed by atoms with Crippen LogP contribution in [-0.4, -0.2) is 31.5 Å². The quantitative estimate of drug-likeness (QED) is 0.904. The zero-order valence-corrected chi connectivity index (χ0v) is 11.9. The maximum atomic E-state index is 11.4. The molecule has 0 saturated carbocycles. The fourth-order valence-corrected chi connectivity index (χ4v) is 4.24. The molecule has 1 saturated heterocycles. The molecule has 1 fully saturated rings. The largest absolute Gasteiger partial charge is 0.369 e. The number of aromatic nitrogens is 1. The summed E-state index contributed by atoms with van der Waals surface area (Å²) in [6.07, 6.45) is 0.683. The van der Waals surface area contributed by atoms with Crippen molar-refractivity contribution in [3.63, 3.8) is 0 Å². The molecule has 2 heterocycles. The van der Waals surface area contributed by atoms with Crippen LogP contribution in [-0.2, 0) is 9.84 Å². The summed E-state index contributed by atoms with van der Waals surface area (Å²) in [5.74, 6) is 1.17. The van der Waals surface area contributed by atoms with Crippen molar-refractivity contribution in [3.05, 3.63) is 22.9 Å². The molecule has 1 aliphatic heterocycles. The monoisotopic (exact) mass is 279 g/mol. The first-order valence-corrected chi connectivity index (χ1v) is 8.06. The van der Waals surface area contributed by atoms with Gasteiger partial charge in [-0.05, 0) is 37.8 Å². The Balaban J connectivity index is 2.10. The van der Waals surface area contributed by atoms with E-state index in [0.717, 1.165) is 11.3 Å². The number of anilines is 1. The first-order valence-electron chi connectivity index (χ1n) is 6.24. The smallest absolute Gasteiger partial charge is 0.150 e. The summed E-state index contributed by atoms with van der Waals surface area (Å²) in [7, 11) is -2.86. The van der Waals surface area contributed by atoms with E-state index in [4.69, 9.17) is 5.26 Å². The average molecular weight is 279 g/mol. The molecule has 0 aliphatic carbocycles. The van der Waals surface area contributed by atoms with Gasteiger partial charge in [-0.1, -0.05) is 0 Å². The average Bonchev–Trinajstić information content (AvgIpc) is 2.66. The van der Waals surface area contributed by atoms with Crippen molar-refractivity contribution < 1.29 is 8.42 Å². The molecule has 1 N–H and O–H groups in total. The first kappa shape index (κ1) is 13.8. The van der Waals surface area contributed by atoms with E-state index in [2.05, 4.69) is 16.4 Å². The Morgan fingerprint density at radius 3 is 2.84 bits per heavy atom. The van der Waals surface area contributed by atoms with E-state index in [1.807, 2.05) is 19.9 Å². The number of aryl methyl sites for hydroxylation is 2. The van der Waals surface area contributed by atoms with Crippen molar-refractivity contribution in [1.82, 2.24) is 4.98 Å². The standard InChI is InChI=1S/C13H17N3O2S/c1-9-5-10(2)16-13(12(9)6-14)15-7-11-3-4-19(17,18)8-11/h5,11H,3-4,7-8H2,1-2H3,(H,15,16). The van der Waals surface area contributed by atoms with Crippen LogP contribution < -0.4 is 5.32 Å². The van der Waals surface area contributed by atoms with Gasteiger partial charge in [-0.3, -0.25) is 0 Å². The SMILES string of the molecule is Cc1cc(C)c(C#N)c(NCC2CCS(=O)(=O)C2)n1. The van der Waals surface area contributed by atoms with Gasteiger partial charge >= 0.3 is 0 Å². The fourth-order valence-electron chi connectivity index (χ4n) is 2.38. The Morgan fingerprint density at radius 2 is 2.26 bits per heavy atom. The third-order valence-corrected chi connectivity index (χ3v) is 5.18. The van der Waals surface area contributed by atoms with Crippen molar-refractivity contribution in [2.45, 2.75) is 20.3 Å². The van der Waals surface area contributed by atoms with E-state index in [0.29, 0.717) is 24.3 Å². The zero-order valence-electron chi connectivity index (χ0n) is 11.1. The lowest BCUT2D eigenvalue weighted by molar-refractivity contribution is 0.595. The Bertz CT molecular complexity index is 632. The normalized spacial score (nSPS) is 21.0. The van der Waals surface area contributed by atoms with E-state index in [1.165, 1.54) is 0 Å². The number of rotatable bonds is 3. The van der Waals surface area contributed by atoms with Gasteiger partial charge in [0, 0.05) is 12.2 Å². The highest BCUT2D eigenvalue weighted by molar-refractivity contribution is 7.91. The molecule has 0 bridgehead atoms. The van der Waals surface area contributed by atoms with Crippen LogP contribution in [0.1, 0.15) is 23.2 Å². The molecular weight excluding hydrogens is 262 g/mol. The molecule has 1 aromatic rings. The van der Waals surface area contributed by atoms with Crippen molar-refractivity contribution in [1.29, 1.82) is 5.26 Å². The number of nitrogens with one attached hydrogen (secondary N) is 1. The fraction of sp³-hybridized carbons (Fsp3) is 0.538. The van der Waals surface area contributed by atoms with Crippen LogP contribution in [0.3, 0.4) is 0 Å². The minimum Gasteiger partial charge on any atom is -0.369 e. The lowest BCUT2D eigenvalue weighted by atomic mass is 10.1. The Morgan fingerprint density at radius 1 is 1.53 bits per heavy atom. The van der Waals surface area contributed by atoms with E-state index >= 15 is 0 Å². The predicted octanol–water partition coefficient (Wildman–Crippen LogP) is 1.42. The Labute approximate surface area is 113 Å². The molecule has 0 radical (unpaired) electrons. The maximum Gasteiger partial charge on any atom is 0.150 e. The molecule has 0 aromatic carbocycles. The molecule has 1 unspecified atom stereocenters. The third kappa shape index (κ3) is 3.24. The molecular formula is C13H17N3O2S. The van der Waals surface area contributed by atoms with Gasteiger partial charge in [-0.25, -0.2) is 13.4 Å². The van der Waals surface area contributed by atoms with Crippen LogP contribution in [0.5, 0.6) is 0 Å². The Kier molecular flexibility index (Phi) is 3.76. The van der Waals surface area contributed by atoms with Gasteiger partial charge < -0.3 is 5.32 Å². The number of pyridine rings is 1. The molecule has 102 valence electrons. The summed E-state index contributed by atoms with van der Waals surface area (Å²) in [6, 6.07) is 4.00. The number of hydrogen-bond donors (Lipinski definition) is 1. The molecule has 19 heavy (non-hydrogen) atoms. The van der Waals surface area contributed by atoms with Crippen LogP contribution in [0.15, 0.2) is 6.07 Å². The predicted molar refractivity (Wildman–Crippen MR) is 73.7 cm³/mol. The van der Waals surface area contributed by atoms with Crippen LogP contribution in [0.25, 0.3) is 0 Å². The summed E-state index contributed by atoms with van der Waals surface area (Å²) in [5.41, 5.74) is 2.26. The van der Waals surface area contributed by atoms with E-state index < -0.39 is 9.84 Å². The summed E-state index contributed by atoms with van der Waals surface area (Å²) >= 11 is 0. The molecule has 2 rings (SSSR count). The van der Waals surface area contributed by atoms with E-state index in [9.17, 15) is 8.42 Å². The molecule has 1 aromatic heterocycles. The highest BCUT2D eigenvalue weighted by Crippen LogP contribution is 2.21. The number of nitrogens with zero attached hydrogens (tertiary/aromatic N) is 2. The van der Waals surface area contributed by atoms with Gasteiger partial charge in [0.05, 0.1) is 17.1 Å². The van der Waals surface area contributed by atoms with E-state index in [1.54, 1.807) is 0 Å². The second-order valence-corrected chi connectivity index (χ2v) is 7.29. The lowest BCUT2D eigenvalue weighted by Gasteiger charge is -2.13. The molecule has 0 amide bonds. The van der Waals surface area contributed by atoms with Crippen molar-refractivity contribution in [2.24, 2.45) is 5.92 Å². The van der Waals surface area contributed by atoms with Gasteiger partial charge in [0.15, 0.2) is 9.84 Å². The highest BCUT2D eigenvalue weighted by Gasteiger charge is 2.27. The lowest BCUT2D eigenvalue weighted by Crippen LogP contribution is -2.17. The highest BCUT2D eigenvalue weighted by atomic mass is 32.2. The molecule has 0 spiro atoms. The van der Waals surface area contributed by atoms with E-state index in [-0.39, 0.29) is 17.4 Å². The first-order chi connectivity index (χ1) is 8.91. The minimum atomic E-state index is -2.86. The molecule has 1 atom stereocenters. The van der Waals surface area contributed by atoms with Gasteiger partial charge in [0.1, 0.15) is 11.9 Å². The van der Waals surface area contributed by atoms with Crippen LogP contribution >= 0.6 is 0 Å². The van der Waals surface area contributed by atoms with Gasteiger partial charge in [0.25, 0.3) is 0 Å². The number of nitriles is 1. The number of sulfone groups is 1. The minimum absolute atomic E-state index is 0.110. The van der Waals surface area contributed by atoms with Crippen LogP contribution in [0, 0.1) is 31.1 Å².